The minimum absolute atomic E-state index is 0.106. The molecule has 22 heavy (non-hydrogen) atoms. The van der Waals surface area contributed by atoms with Crippen LogP contribution in [-0.4, -0.2) is 15.5 Å². The molecule has 4 rings (SSSR count). The standard InChI is InChI=1S/C16H21N3O2S/c17-22(21,12-7-8-12)19-16(20)18-15-13-5-1-3-10(13)9-11-4-2-6-14(11)15/h9,12H,1-8H2,(H3,17,18,19,20,21)/t22-/m0/s1. The van der Waals surface area contributed by atoms with Crippen LogP contribution in [0.15, 0.2) is 10.4 Å². The van der Waals surface area contributed by atoms with Crippen LogP contribution < -0.4 is 10.5 Å². The summed E-state index contributed by atoms with van der Waals surface area (Å²) in [6.07, 6.45) is 8.04. The Morgan fingerprint density at radius 2 is 1.73 bits per heavy atom. The maximum absolute atomic E-state index is 12.2. The molecule has 3 aliphatic carbocycles. The van der Waals surface area contributed by atoms with Crippen molar-refractivity contribution in [2.75, 3.05) is 5.32 Å². The number of fused-ring (bicyclic) bond motifs is 2. The highest BCUT2D eigenvalue weighted by Gasteiger charge is 2.32. The van der Waals surface area contributed by atoms with Crippen LogP contribution in [0.5, 0.6) is 0 Å². The molecule has 0 bridgehead atoms. The van der Waals surface area contributed by atoms with Gasteiger partial charge in [0.2, 0.25) is 0 Å². The predicted octanol–water partition coefficient (Wildman–Crippen LogP) is 2.70. The molecular weight excluding hydrogens is 298 g/mol. The van der Waals surface area contributed by atoms with Crippen molar-refractivity contribution < 1.29 is 9.00 Å². The molecule has 6 heteroatoms. The summed E-state index contributed by atoms with van der Waals surface area (Å²) in [6, 6.07) is 1.77. The van der Waals surface area contributed by atoms with Gasteiger partial charge in [0.25, 0.3) is 0 Å². The summed E-state index contributed by atoms with van der Waals surface area (Å²) in [7, 11) is -2.87. The summed E-state index contributed by atoms with van der Waals surface area (Å²) in [5.41, 5.74) is 6.14. The largest absolute Gasteiger partial charge is 0.354 e. The van der Waals surface area contributed by atoms with Gasteiger partial charge < -0.3 is 5.32 Å². The van der Waals surface area contributed by atoms with Crippen LogP contribution in [0.4, 0.5) is 10.5 Å². The van der Waals surface area contributed by atoms with Gasteiger partial charge in [-0.15, -0.1) is 4.36 Å². The van der Waals surface area contributed by atoms with Gasteiger partial charge in [-0.05, 0) is 73.6 Å². The highest BCUT2D eigenvalue weighted by Crippen LogP contribution is 2.38. The number of amides is 2. The van der Waals surface area contributed by atoms with E-state index in [1.54, 1.807) is 0 Å². The van der Waals surface area contributed by atoms with Gasteiger partial charge in [0.15, 0.2) is 0 Å². The van der Waals surface area contributed by atoms with Crippen LogP contribution in [0.1, 0.15) is 47.9 Å². The first kappa shape index (κ1) is 14.2. The third-order valence-corrected chi connectivity index (χ3v) is 6.81. The lowest BCUT2D eigenvalue weighted by molar-refractivity contribution is 0.260. The lowest BCUT2D eigenvalue weighted by Crippen LogP contribution is -2.22. The van der Waals surface area contributed by atoms with Gasteiger partial charge in [0.1, 0.15) is 9.92 Å². The summed E-state index contributed by atoms with van der Waals surface area (Å²) in [5, 5.41) is 8.51. The van der Waals surface area contributed by atoms with E-state index in [4.69, 9.17) is 5.14 Å². The van der Waals surface area contributed by atoms with Crippen molar-refractivity contribution in [2.24, 2.45) is 9.50 Å². The third kappa shape index (κ3) is 2.44. The first-order valence-electron chi connectivity index (χ1n) is 8.06. The van der Waals surface area contributed by atoms with Crippen molar-refractivity contribution in [2.45, 2.75) is 56.6 Å². The maximum Gasteiger partial charge on any atom is 0.354 e. The predicted molar refractivity (Wildman–Crippen MR) is 87.3 cm³/mol. The summed E-state index contributed by atoms with van der Waals surface area (Å²) in [4.78, 5) is 12.2. The van der Waals surface area contributed by atoms with Crippen molar-refractivity contribution in [3.05, 3.63) is 28.3 Å². The number of nitrogens with zero attached hydrogens (tertiary/aromatic N) is 1. The minimum Gasteiger partial charge on any atom is -0.305 e. The zero-order chi connectivity index (χ0) is 15.3. The number of hydrogen-bond donors (Lipinski definition) is 2. The number of anilines is 1. The minimum atomic E-state index is -2.87. The van der Waals surface area contributed by atoms with Gasteiger partial charge >= 0.3 is 6.03 Å². The molecule has 0 heterocycles. The van der Waals surface area contributed by atoms with Gasteiger partial charge in [0, 0.05) is 5.69 Å². The van der Waals surface area contributed by atoms with Gasteiger partial charge in [-0.3, -0.25) is 0 Å². The van der Waals surface area contributed by atoms with Crippen molar-refractivity contribution >= 4 is 21.6 Å². The Morgan fingerprint density at radius 1 is 1.14 bits per heavy atom. The molecular formula is C16H21N3O2S. The molecule has 5 nitrogen and oxygen atoms in total. The first-order chi connectivity index (χ1) is 10.5. The second-order valence-corrected chi connectivity index (χ2v) is 8.65. The number of nitrogens with one attached hydrogen (secondary N) is 1. The van der Waals surface area contributed by atoms with Crippen molar-refractivity contribution in [3.63, 3.8) is 0 Å². The average Bonchev–Trinajstić information content (AvgIpc) is 3.05. The molecule has 3 aliphatic rings. The topological polar surface area (TPSA) is 84.6 Å². The van der Waals surface area contributed by atoms with Gasteiger partial charge in [0.05, 0.1) is 5.25 Å². The second kappa shape index (κ2) is 5.06. The van der Waals surface area contributed by atoms with E-state index in [0.29, 0.717) is 0 Å². The number of hydrogen-bond acceptors (Lipinski definition) is 2. The molecule has 1 saturated carbocycles. The van der Waals surface area contributed by atoms with Crippen LogP contribution in [-0.2, 0) is 35.6 Å². The zero-order valence-corrected chi connectivity index (χ0v) is 13.4. The highest BCUT2D eigenvalue weighted by molar-refractivity contribution is 7.92. The molecule has 0 spiro atoms. The lowest BCUT2D eigenvalue weighted by Gasteiger charge is -2.15. The van der Waals surface area contributed by atoms with E-state index in [2.05, 4.69) is 15.7 Å². The number of aryl methyl sites for hydroxylation is 2. The summed E-state index contributed by atoms with van der Waals surface area (Å²) in [6.45, 7) is 0. The normalized spacial score (nSPS) is 21.9. The van der Waals surface area contributed by atoms with Crippen molar-refractivity contribution in [3.8, 4) is 0 Å². The van der Waals surface area contributed by atoms with Crippen LogP contribution in [0, 0.1) is 0 Å². The molecule has 3 N–H and O–H groups in total. The second-order valence-electron chi connectivity index (χ2n) is 6.57. The molecule has 118 valence electrons. The zero-order valence-electron chi connectivity index (χ0n) is 12.6. The number of rotatable bonds is 2. The van der Waals surface area contributed by atoms with Crippen LogP contribution in [0.3, 0.4) is 0 Å². The Bertz CT molecular complexity index is 742. The molecule has 0 aromatic heterocycles. The molecule has 1 aromatic carbocycles. The Kier molecular flexibility index (Phi) is 3.27. The molecule has 0 unspecified atom stereocenters. The number of nitrogens with two attached hydrogens (primary N) is 1. The average molecular weight is 319 g/mol. The van der Waals surface area contributed by atoms with Gasteiger partial charge in [-0.1, -0.05) is 6.07 Å². The van der Waals surface area contributed by atoms with Crippen molar-refractivity contribution in [1.82, 2.24) is 0 Å². The number of urea groups is 1. The molecule has 1 aromatic rings. The molecule has 0 aliphatic heterocycles. The Hall–Kier alpha value is -1.40. The fourth-order valence-corrected chi connectivity index (χ4v) is 4.97. The Labute approximate surface area is 131 Å². The Morgan fingerprint density at radius 3 is 2.27 bits per heavy atom. The van der Waals surface area contributed by atoms with Crippen LogP contribution >= 0.6 is 0 Å². The fourth-order valence-electron chi connectivity index (χ4n) is 3.71. The van der Waals surface area contributed by atoms with Crippen LogP contribution in [0.2, 0.25) is 0 Å². The lowest BCUT2D eigenvalue weighted by atomic mass is 9.99. The van der Waals surface area contributed by atoms with E-state index in [1.807, 2.05) is 0 Å². The summed E-state index contributed by atoms with van der Waals surface area (Å²) >= 11 is 0. The molecule has 2 amide bonds. The molecule has 0 saturated heterocycles. The van der Waals surface area contributed by atoms with E-state index in [9.17, 15) is 9.00 Å². The monoisotopic (exact) mass is 319 g/mol. The number of carbonyl (C=O) groups excluding carboxylic acids is 1. The number of benzene rings is 1. The molecule has 1 atom stereocenters. The first-order valence-corrected chi connectivity index (χ1v) is 9.70. The molecule has 1 fully saturated rings. The smallest absolute Gasteiger partial charge is 0.305 e. The maximum atomic E-state index is 12.2. The number of carbonyl (C=O) groups is 1. The SMILES string of the molecule is N[S@](=O)(=NC(=O)Nc1c2c(cc3c1CCC3)CCC2)C1CC1. The summed E-state index contributed by atoms with van der Waals surface area (Å²) in [5.74, 6) is 0. The van der Waals surface area contributed by atoms with E-state index >= 15 is 0 Å². The van der Waals surface area contributed by atoms with Crippen LogP contribution in [0.25, 0.3) is 0 Å². The van der Waals surface area contributed by atoms with E-state index in [0.717, 1.165) is 57.1 Å². The third-order valence-electron chi connectivity index (χ3n) is 4.93. The quantitative estimate of drug-likeness (QED) is 0.878. The van der Waals surface area contributed by atoms with E-state index in [-0.39, 0.29) is 5.25 Å². The fraction of sp³-hybridized carbons (Fsp3) is 0.562. The highest BCUT2D eigenvalue weighted by atomic mass is 32.2. The summed E-state index contributed by atoms with van der Waals surface area (Å²) < 4.78 is 15.9. The van der Waals surface area contributed by atoms with Gasteiger partial charge in [-0.2, -0.15) is 0 Å². The van der Waals surface area contributed by atoms with E-state index in [1.165, 1.54) is 22.3 Å². The molecule has 0 radical (unpaired) electrons. The van der Waals surface area contributed by atoms with Gasteiger partial charge in [-0.25, -0.2) is 14.1 Å². The Balaban J connectivity index is 1.69. The van der Waals surface area contributed by atoms with E-state index < -0.39 is 15.9 Å². The van der Waals surface area contributed by atoms with Crippen molar-refractivity contribution in [1.29, 1.82) is 0 Å².